The van der Waals surface area contributed by atoms with Crippen molar-refractivity contribution >= 4 is 50.3 Å². The van der Waals surface area contributed by atoms with Crippen LogP contribution in [0.2, 0.25) is 0 Å². The Balaban J connectivity index is 1.41. The summed E-state index contributed by atoms with van der Waals surface area (Å²) in [6.45, 7) is 2.04. The van der Waals surface area contributed by atoms with Gasteiger partial charge in [-0.2, -0.15) is 0 Å². The zero-order chi connectivity index (χ0) is 24.1. The smallest absolute Gasteiger partial charge is 0.338 e. The highest BCUT2D eigenvalue weighted by Gasteiger charge is 2.13. The molecule has 0 saturated heterocycles. The normalized spacial score (nSPS) is 10.8. The van der Waals surface area contributed by atoms with E-state index in [0.29, 0.717) is 39.4 Å². The van der Waals surface area contributed by atoms with Gasteiger partial charge in [-0.15, -0.1) is 0 Å². The van der Waals surface area contributed by atoms with Crippen molar-refractivity contribution in [3.8, 4) is 17.0 Å². The van der Waals surface area contributed by atoms with Crippen LogP contribution in [0.3, 0.4) is 0 Å². The maximum Gasteiger partial charge on any atom is 0.338 e. The third-order valence-corrected chi connectivity index (χ3v) is 6.40. The summed E-state index contributed by atoms with van der Waals surface area (Å²) >= 11 is 2.37. The Bertz CT molecular complexity index is 1400. The number of carbonyl (C=O) groups excluding carboxylic acids is 2. The first-order chi connectivity index (χ1) is 16.4. The number of esters is 1. The molecule has 0 unspecified atom stereocenters. The fourth-order valence-electron chi connectivity index (χ4n) is 3.02. The van der Waals surface area contributed by atoms with Gasteiger partial charge >= 0.3 is 5.97 Å². The molecule has 2 aromatic carbocycles. The molecule has 9 nitrogen and oxygen atoms in total. The molecule has 0 radical (unpaired) electrons. The summed E-state index contributed by atoms with van der Waals surface area (Å²) in [6, 6.07) is 13.6. The van der Waals surface area contributed by atoms with Gasteiger partial charge in [0.05, 0.1) is 40.9 Å². The second-order valence-corrected chi connectivity index (χ2v) is 8.92. The van der Waals surface area contributed by atoms with E-state index < -0.39 is 5.97 Å². The highest BCUT2D eigenvalue weighted by molar-refractivity contribution is 7.99. The number of thioether (sulfide) groups is 1. The lowest BCUT2D eigenvalue weighted by Gasteiger charge is -2.05. The molecular formula is C23H20N4O5S2. The SMILES string of the molecule is CCOC(=O)c1ccc2nc(NC(=O)CSc3nc(-c4ccc(OC)cc4)cc(=O)[nH]3)sc2c1. The van der Waals surface area contributed by atoms with Crippen LogP contribution in [0.15, 0.2) is 58.5 Å². The third kappa shape index (κ3) is 5.61. The number of nitrogens with zero attached hydrogens (tertiary/aromatic N) is 2. The van der Waals surface area contributed by atoms with E-state index in [1.54, 1.807) is 44.4 Å². The Labute approximate surface area is 202 Å². The molecule has 0 spiro atoms. The van der Waals surface area contributed by atoms with Crippen LogP contribution in [0.1, 0.15) is 17.3 Å². The summed E-state index contributed by atoms with van der Waals surface area (Å²) in [6.07, 6.45) is 0. The van der Waals surface area contributed by atoms with E-state index in [0.717, 1.165) is 22.0 Å². The lowest BCUT2D eigenvalue weighted by atomic mass is 10.1. The highest BCUT2D eigenvalue weighted by atomic mass is 32.2. The van der Waals surface area contributed by atoms with Crippen LogP contribution in [-0.2, 0) is 9.53 Å². The zero-order valence-corrected chi connectivity index (χ0v) is 19.9. The predicted octanol–water partition coefficient (Wildman–Crippen LogP) is 3.96. The molecule has 0 bridgehead atoms. The Morgan fingerprint density at radius 2 is 1.91 bits per heavy atom. The maximum atomic E-state index is 12.5. The number of benzene rings is 2. The van der Waals surface area contributed by atoms with Crippen molar-refractivity contribution in [3.63, 3.8) is 0 Å². The Hall–Kier alpha value is -3.70. The number of aromatic nitrogens is 3. The van der Waals surface area contributed by atoms with Gasteiger partial charge in [-0.25, -0.2) is 14.8 Å². The minimum Gasteiger partial charge on any atom is -0.497 e. The van der Waals surface area contributed by atoms with E-state index in [2.05, 4.69) is 20.3 Å². The van der Waals surface area contributed by atoms with Gasteiger partial charge in [0.25, 0.3) is 5.56 Å². The third-order valence-electron chi connectivity index (χ3n) is 4.59. The van der Waals surface area contributed by atoms with Gasteiger partial charge in [-0.3, -0.25) is 9.59 Å². The van der Waals surface area contributed by atoms with Gasteiger partial charge in [0, 0.05) is 11.6 Å². The van der Waals surface area contributed by atoms with Crippen molar-refractivity contribution < 1.29 is 19.1 Å². The molecule has 2 aromatic heterocycles. The van der Waals surface area contributed by atoms with Gasteiger partial charge < -0.3 is 19.8 Å². The highest BCUT2D eigenvalue weighted by Crippen LogP contribution is 2.27. The summed E-state index contributed by atoms with van der Waals surface area (Å²) < 4.78 is 10.9. The first-order valence-electron chi connectivity index (χ1n) is 10.2. The van der Waals surface area contributed by atoms with Crippen LogP contribution in [0.25, 0.3) is 21.5 Å². The monoisotopic (exact) mass is 496 g/mol. The number of amides is 1. The van der Waals surface area contributed by atoms with Crippen molar-refractivity contribution in [2.75, 3.05) is 24.8 Å². The molecule has 0 saturated carbocycles. The van der Waals surface area contributed by atoms with Crippen LogP contribution >= 0.6 is 23.1 Å². The number of fused-ring (bicyclic) bond motifs is 1. The number of thiazole rings is 1. The molecule has 2 N–H and O–H groups in total. The topological polar surface area (TPSA) is 123 Å². The second-order valence-electron chi connectivity index (χ2n) is 6.92. The lowest BCUT2D eigenvalue weighted by molar-refractivity contribution is -0.113. The standard InChI is InChI=1S/C23H20N4O5S2/c1-3-32-21(30)14-6-9-16-18(10-14)34-23(24-16)27-20(29)12-33-22-25-17(11-19(28)26-22)13-4-7-15(31-2)8-5-13/h4-11H,3,12H2,1-2H3,(H,24,27,29)(H,25,26,28). The van der Waals surface area contributed by atoms with Gasteiger partial charge in [-0.05, 0) is 49.4 Å². The lowest BCUT2D eigenvalue weighted by Crippen LogP contribution is -2.15. The van der Waals surface area contributed by atoms with Crippen molar-refractivity contribution in [2.45, 2.75) is 12.1 Å². The van der Waals surface area contributed by atoms with Crippen molar-refractivity contribution in [2.24, 2.45) is 0 Å². The first kappa shape index (κ1) is 23.5. The van der Waals surface area contributed by atoms with Gasteiger partial charge in [-0.1, -0.05) is 23.1 Å². The number of hydrogen-bond donors (Lipinski definition) is 2. The molecule has 4 aromatic rings. The van der Waals surface area contributed by atoms with Crippen LogP contribution in [0, 0.1) is 0 Å². The van der Waals surface area contributed by atoms with E-state index in [1.807, 2.05) is 12.1 Å². The van der Waals surface area contributed by atoms with Crippen LogP contribution < -0.4 is 15.6 Å². The van der Waals surface area contributed by atoms with Crippen LogP contribution in [-0.4, -0.2) is 46.3 Å². The summed E-state index contributed by atoms with van der Waals surface area (Å²) in [5, 5.41) is 3.49. The average molecular weight is 497 g/mol. The van der Waals surface area contributed by atoms with E-state index in [4.69, 9.17) is 9.47 Å². The second kappa shape index (κ2) is 10.5. The van der Waals surface area contributed by atoms with E-state index >= 15 is 0 Å². The van der Waals surface area contributed by atoms with E-state index in [-0.39, 0.29) is 17.2 Å². The minimum atomic E-state index is -0.404. The fraction of sp³-hybridized carbons (Fsp3) is 0.174. The average Bonchev–Trinajstić information content (AvgIpc) is 3.24. The number of rotatable bonds is 8. The van der Waals surface area contributed by atoms with Crippen molar-refractivity contribution in [1.29, 1.82) is 0 Å². The molecule has 174 valence electrons. The number of aromatic amines is 1. The quantitative estimate of drug-likeness (QED) is 0.213. The number of carbonyl (C=O) groups is 2. The largest absolute Gasteiger partial charge is 0.497 e. The zero-order valence-electron chi connectivity index (χ0n) is 18.3. The van der Waals surface area contributed by atoms with Crippen molar-refractivity contribution in [3.05, 3.63) is 64.4 Å². The maximum absolute atomic E-state index is 12.5. The van der Waals surface area contributed by atoms with Gasteiger partial charge in [0.15, 0.2) is 10.3 Å². The summed E-state index contributed by atoms with van der Waals surface area (Å²) in [4.78, 5) is 47.9. The summed E-state index contributed by atoms with van der Waals surface area (Å²) in [7, 11) is 1.58. The number of anilines is 1. The molecular weight excluding hydrogens is 476 g/mol. The number of methoxy groups -OCH3 is 1. The number of H-pyrrole nitrogens is 1. The number of hydrogen-bond acceptors (Lipinski definition) is 9. The predicted molar refractivity (Wildman–Crippen MR) is 132 cm³/mol. The van der Waals surface area contributed by atoms with E-state index in [9.17, 15) is 14.4 Å². The van der Waals surface area contributed by atoms with Gasteiger partial charge in [0.1, 0.15) is 5.75 Å². The Morgan fingerprint density at radius 1 is 1.12 bits per heavy atom. The Morgan fingerprint density at radius 3 is 2.65 bits per heavy atom. The van der Waals surface area contributed by atoms with Crippen molar-refractivity contribution in [1.82, 2.24) is 15.0 Å². The number of nitrogens with one attached hydrogen (secondary N) is 2. The summed E-state index contributed by atoms with van der Waals surface area (Å²) in [5.74, 6) is 0.0241. The molecule has 0 aliphatic heterocycles. The molecule has 0 aliphatic rings. The minimum absolute atomic E-state index is 0.0268. The van der Waals surface area contributed by atoms with Crippen LogP contribution in [0.4, 0.5) is 5.13 Å². The van der Waals surface area contributed by atoms with Crippen LogP contribution in [0.5, 0.6) is 5.75 Å². The molecule has 0 atom stereocenters. The summed E-state index contributed by atoms with van der Waals surface area (Å²) in [5.41, 5.74) is 2.04. The fourth-order valence-corrected chi connectivity index (χ4v) is 4.62. The molecule has 34 heavy (non-hydrogen) atoms. The molecule has 0 aliphatic carbocycles. The molecule has 0 fully saturated rings. The molecule has 11 heteroatoms. The van der Waals surface area contributed by atoms with Gasteiger partial charge in [0.2, 0.25) is 5.91 Å². The van der Waals surface area contributed by atoms with E-state index in [1.165, 1.54) is 17.4 Å². The number of ether oxygens (including phenoxy) is 2. The molecule has 1 amide bonds. The molecule has 2 heterocycles. The molecule has 4 rings (SSSR count). The first-order valence-corrected chi connectivity index (χ1v) is 12.0. The Kier molecular flexibility index (Phi) is 7.24.